The largest absolute Gasteiger partial charge is 0.478 e. The van der Waals surface area contributed by atoms with Crippen LogP contribution in [0.5, 0.6) is 0 Å². The minimum atomic E-state index is -3.14. The second kappa shape index (κ2) is 6.92. The molecule has 0 aliphatic carbocycles. The number of rotatable bonds is 5. The van der Waals surface area contributed by atoms with Gasteiger partial charge in [-0.2, -0.15) is 0 Å². The van der Waals surface area contributed by atoms with Crippen molar-refractivity contribution in [3.8, 4) is 11.8 Å². The van der Waals surface area contributed by atoms with E-state index in [-0.39, 0.29) is 5.56 Å². The summed E-state index contributed by atoms with van der Waals surface area (Å²) in [4.78, 5) is 10.7. The third kappa shape index (κ3) is 6.60. The molecule has 0 unspecified atom stereocenters. The Hall–Kier alpha value is -1.84. The second-order valence-electron chi connectivity index (χ2n) is 3.96. The molecule has 0 aliphatic rings. The standard InChI is InChI=1S/C13H15NO4S/c1-19(17,18)14-9-4-2-3-6-11-7-5-8-12(10-11)13(15)16/h5,7-8,10,14H,2,4,9H2,1H3,(H,15,16). The number of sulfonamides is 1. The molecule has 6 heteroatoms. The third-order valence-corrected chi connectivity index (χ3v) is 2.91. The van der Waals surface area contributed by atoms with E-state index in [1.54, 1.807) is 12.1 Å². The summed E-state index contributed by atoms with van der Waals surface area (Å²) in [5, 5.41) is 8.81. The van der Waals surface area contributed by atoms with Crippen LogP contribution in [0.1, 0.15) is 28.8 Å². The molecule has 0 aliphatic heterocycles. The maximum Gasteiger partial charge on any atom is 0.335 e. The molecule has 19 heavy (non-hydrogen) atoms. The van der Waals surface area contributed by atoms with Gasteiger partial charge in [0.05, 0.1) is 11.8 Å². The van der Waals surface area contributed by atoms with E-state index in [1.807, 2.05) is 0 Å². The van der Waals surface area contributed by atoms with Crippen molar-refractivity contribution in [1.29, 1.82) is 0 Å². The number of hydrogen-bond donors (Lipinski definition) is 2. The van der Waals surface area contributed by atoms with Crippen LogP contribution in [0.2, 0.25) is 0 Å². The predicted molar refractivity (Wildman–Crippen MR) is 72.4 cm³/mol. The van der Waals surface area contributed by atoms with E-state index in [0.717, 1.165) is 6.26 Å². The van der Waals surface area contributed by atoms with Crippen molar-refractivity contribution in [3.05, 3.63) is 35.4 Å². The number of carboxylic acid groups (broad SMARTS) is 1. The zero-order valence-corrected chi connectivity index (χ0v) is 11.3. The van der Waals surface area contributed by atoms with E-state index < -0.39 is 16.0 Å². The normalized spacial score (nSPS) is 10.6. The topological polar surface area (TPSA) is 83.5 Å². The lowest BCUT2D eigenvalue weighted by atomic mass is 10.1. The van der Waals surface area contributed by atoms with Crippen LogP contribution in [-0.2, 0) is 10.0 Å². The number of carboxylic acids is 1. The lowest BCUT2D eigenvalue weighted by Gasteiger charge is -1.98. The van der Waals surface area contributed by atoms with E-state index >= 15 is 0 Å². The molecule has 2 N–H and O–H groups in total. The maximum absolute atomic E-state index is 10.8. The summed E-state index contributed by atoms with van der Waals surface area (Å²) in [6, 6.07) is 6.38. The van der Waals surface area contributed by atoms with Gasteiger partial charge in [-0.15, -0.1) is 0 Å². The van der Waals surface area contributed by atoms with Gasteiger partial charge in [-0.05, 0) is 24.6 Å². The van der Waals surface area contributed by atoms with Crippen LogP contribution < -0.4 is 4.72 Å². The van der Waals surface area contributed by atoms with Crippen LogP contribution in [0.15, 0.2) is 24.3 Å². The van der Waals surface area contributed by atoms with Gasteiger partial charge < -0.3 is 5.11 Å². The SMILES string of the molecule is CS(=O)(=O)NCCCC#Cc1cccc(C(=O)O)c1. The van der Waals surface area contributed by atoms with Gasteiger partial charge in [0.15, 0.2) is 0 Å². The zero-order valence-electron chi connectivity index (χ0n) is 10.5. The minimum Gasteiger partial charge on any atom is -0.478 e. The number of carbonyl (C=O) groups is 1. The molecule has 0 heterocycles. The van der Waals surface area contributed by atoms with Crippen LogP contribution in [0.25, 0.3) is 0 Å². The van der Waals surface area contributed by atoms with Gasteiger partial charge in [0.1, 0.15) is 0 Å². The highest BCUT2D eigenvalue weighted by molar-refractivity contribution is 7.88. The molecule has 102 valence electrons. The van der Waals surface area contributed by atoms with Crippen LogP contribution in [0.3, 0.4) is 0 Å². The summed E-state index contributed by atoms with van der Waals surface area (Å²) in [5.41, 5.74) is 0.835. The van der Waals surface area contributed by atoms with Crippen LogP contribution in [0.4, 0.5) is 0 Å². The van der Waals surface area contributed by atoms with E-state index in [0.29, 0.717) is 24.9 Å². The first-order valence-corrected chi connectivity index (χ1v) is 7.54. The number of hydrogen-bond acceptors (Lipinski definition) is 3. The highest BCUT2D eigenvalue weighted by atomic mass is 32.2. The van der Waals surface area contributed by atoms with Gasteiger partial charge in [-0.25, -0.2) is 17.9 Å². The quantitative estimate of drug-likeness (QED) is 0.624. The molecule has 0 saturated heterocycles. The Morgan fingerprint density at radius 1 is 1.42 bits per heavy atom. The van der Waals surface area contributed by atoms with E-state index in [4.69, 9.17) is 5.11 Å². The maximum atomic E-state index is 10.8. The van der Waals surface area contributed by atoms with Crippen LogP contribution in [0, 0.1) is 11.8 Å². The van der Waals surface area contributed by atoms with Gasteiger partial charge in [0.25, 0.3) is 0 Å². The highest BCUT2D eigenvalue weighted by Gasteiger charge is 2.01. The van der Waals surface area contributed by atoms with E-state index in [9.17, 15) is 13.2 Å². The molecule has 1 rings (SSSR count). The fourth-order valence-electron chi connectivity index (χ4n) is 1.33. The van der Waals surface area contributed by atoms with Crippen molar-refractivity contribution in [2.45, 2.75) is 12.8 Å². The fraction of sp³-hybridized carbons (Fsp3) is 0.308. The summed E-state index contributed by atoms with van der Waals surface area (Å²) in [6.45, 7) is 0.350. The van der Waals surface area contributed by atoms with E-state index in [1.165, 1.54) is 12.1 Å². The molecule has 0 amide bonds. The monoisotopic (exact) mass is 281 g/mol. The summed E-state index contributed by atoms with van der Waals surface area (Å²) < 4.78 is 23.9. The molecule has 5 nitrogen and oxygen atoms in total. The third-order valence-electron chi connectivity index (χ3n) is 2.19. The molecular formula is C13H15NO4S. The lowest BCUT2D eigenvalue weighted by Crippen LogP contribution is -2.22. The van der Waals surface area contributed by atoms with Gasteiger partial charge >= 0.3 is 5.97 Å². The Bertz CT molecular complexity index is 611. The molecule has 0 spiro atoms. The van der Waals surface area contributed by atoms with Gasteiger partial charge in [0.2, 0.25) is 10.0 Å². The molecule has 0 aromatic heterocycles. The molecule has 0 bridgehead atoms. The first kappa shape index (κ1) is 15.2. The number of benzene rings is 1. The Morgan fingerprint density at radius 2 is 2.16 bits per heavy atom. The molecule has 0 radical (unpaired) electrons. The Balaban J connectivity index is 2.46. The molecule has 0 atom stereocenters. The predicted octanol–water partition coefficient (Wildman–Crippen LogP) is 1.07. The van der Waals surface area contributed by atoms with Crippen molar-refractivity contribution >= 4 is 16.0 Å². The lowest BCUT2D eigenvalue weighted by molar-refractivity contribution is 0.0697. The first-order chi connectivity index (χ1) is 8.88. The Kier molecular flexibility index (Phi) is 5.55. The molecule has 1 aromatic rings. The summed E-state index contributed by atoms with van der Waals surface area (Å²) >= 11 is 0. The van der Waals surface area contributed by atoms with Crippen molar-refractivity contribution in [2.75, 3.05) is 12.8 Å². The average Bonchev–Trinajstić information content (AvgIpc) is 2.32. The van der Waals surface area contributed by atoms with Gasteiger partial charge in [-0.3, -0.25) is 0 Å². The van der Waals surface area contributed by atoms with Crippen LogP contribution in [-0.4, -0.2) is 32.3 Å². The molecule has 0 saturated carbocycles. The van der Waals surface area contributed by atoms with Crippen molar-refractivity contribution < 1.29 is 18.3 Å². The molecule has 1 aromatic carbocycles. The number of unbranched alkanes of at least 4 members (excludes halogenated alkanes) is 1. The first-order valence-electron chi connectivity index (χ1n) is 5.65. The summed E-state index contributed by atoms with van der Waals surface area (Å²) in [7, 11) is -3.14. The fourth-order valence-corrected chi connectivity index (χ4v) is 1.84. The Morgan fingerprint density at radius 3 is 2.79 bits per heavy atom. The molecule has 0 fully saturated rings. The summed E-state index contributed by atoms with van der Waals surface area (Å²) in [5.74, 6) is 4.74. The van der Waals surface area contributed by atoms with Gasteiger partial charge in [-0.1, -0.05) is 17.9 Å². The Labute approximate surface area is 112 Å². The second-order valence-corrected chi connectivity index (χ2v) is 5.79. The van der Waals surface area contributed by atoms with Crippen molar-refractivity contribution in [3.63, 3.8) is 0 Å². The van der Waals surface area contributed by atoms with Crippen LogP contribution >= 0.6 is 0 Å². The smallest absolute Gasteiger partial charge is 0.335 e. The average molecular weight is 281 g/mol. The highest BCUT2D eigenvalue weighted by Crippen LogP contribution is 2.03. The number of aromatic carboxylic acids is 1. The minimum absolute atomic E-state index is 0.200. The summed E-state index contributed by atoms with van der Waals surface area (Å²) in [6.07, 6.45) is 2.26. The number of nitrogens with one attached hydrogen (secondary N) is 1. The zero-order chi connectivity index (χ0) is 14.3. The van der Waals surface area contributed by atoms with Crippen molar-refractivity contribution in [2.24, 2.45) is 0 Å². The van der Waals surface area contributed by atoms with Gasteiger partial charge in [0, 0.05) is 18.5 Å². The van der Waals surface area contributed by atoms with Crippen molar-refractivity contribution in [1.82, 2.24) is 4.72 Å². The molecular weight excluding hydrogens is 266 g/mol. The van der Waals surface area contributed by atoms with E-state index in [2.05, 4.69) is 16.6 Å².